The zero-order valence-corrected chi connectivity index (χ0v) is 17.1. The fourth-order valence-corrected chi connectivity index (χ4v) is 5.08. The van der Waals surface area contributed by atoms with Gasteiger partial charge in [0.2, 0.25) is 0 Å². The first-order valence-electron chi connectivity index (χ1n) is 10.3. The summed E-state index contributed by atoms with van der Waals surface area (Å²) in [5, 5.41) is 15.4. The Morgan fingerprint density at radius 1 is 1.21 bits per heavy atom. The van der Waals surface area contributed by atoms with Crippen LogP contribution in [0.1, 0.15) is 36.8 Å². The summed E-state index contributed by atoms with van der Waals surface area (Å²) in [5.41, 5.74) is 1.54. The molecule has 0 unspecified atom stereocenters. The highest BCUT2D eigenvalue weighted by Gasteiger charge is 2.30. The van der Waals surface area contributed by atoms with Crippen molar-refractivity contribution in [3.63, 3.8) is 0 Å². The summed E-state index contributed by atoms with van der Waals surface area (Å²) in [4.78, 5) is 17.2. The van der Waals surface area contributed by atoms with Gasteiger partial charge in [0.15, 0.2) is 17.0 Å². The Morgan fingerprint density at radius 3 is 2.90 bits per heavy atom. The van der Waals surface area contributed by atoms with E-state index in [4.69, 9.17) is 4.74 Å². The zero-order chi connectivity index (χ0) is 19.6. The third kappa shape index (κ3) is 4.00. The predicted octanol–water partition coefficient (Wildman–Crippen LogP) is 2.63. The Balaban J connectivity index is 1.39. The molecule has 5 rings (SSSR count). The van der Waals surface area contributed by atoms with Crippen LogP contribution in [0, 0.1) is 0 Å². The van der Waals surface area contributed by atoms with Crippen molar-refractivity contribution < 1.29 is 9.84 Å². The number of aromatic nitrogens is 4. The molecule has 9 heteroatoms. The summed E-state index contributed by atoms with van der Waals surface area (Å²) < 4.78 is 8.14. The molecule has 0 amide bonds. The fourth-order valence-electron chi connectivity index (χ4n) is 4.33. The maximum absolute atomic E-state index is 9.76. The molecule has 1 aliphatic carbocycles. The minimum absolute atomic E-state index is 0.00641. The van der Waals surface area contributed by atoms with Gasteiger partial charge in [0, 0.05) is 30.6 Å². The van der Waals surface area contributed by atoms with Gasteiger partial charge in [-0.25, -0.2) is 15.0 Å². The monoisotopic (exact) mass is 414 g/mol. The summed E-state index contributed by atoms with van der Waals surface area (Å²) in [7, 11) is 0. The lowest BCUT2D eigenvalue weighted by Crippen LogP contribution is -2.46. The Labute approximate surface area is 173 Å². The molecule has 0 bridgehead atoms. The third-order valence-corrected chi connectivity index (χ3v) is 6.62. The number of ether oxygens (including phenoxy) is 1. The van der Waals surface area contributed by atoms with Crippen LogP contribution in [0.25, 0.3) is 11.2 Å². The van der Waals surface area contributed by atoms with E-state index in [0.717, 1.165) is 30.1 Å². The van der Waals surface area contributed by atoms with Gasteiger partial charge in [-0.15, -0.1) is 11.3 Å². The van der Waals surface area contributed by atoms with Crippen LogP contribution in [0.4, 0.5) is 5.82 Å². The molecule has 8 nitrogen and oxygen atoms in total. The van der Waals surface area contributed by atoms with Gasteiger partial charge in [-0.3, -0.25) is 9.47 Å². The van der Waals surface area contributed by atoms with Crippen LogP contribution in [-0.2, 0) is 11.3 Å². The van der Waals surface area contributed by atoms with Crippen molar-refractivity contribution in [3.05, 3.63) is 35.0 Å². The van der Waals surface area contributed by atoms with Crippen molar-refractivity contribution in [1.82, 2.24) is 24.4 Å². The summed E-state index contributed by atoms with van der Waals surface area (Å²) in [5.74, 6) is 0.797. The van der Waals surface area contributed by atoms with Gasteiger partial charge in [0.05, 0.1) is 19.0 Å². The van der Waals surface area contributed by atoms with E-state index < -0.39 is 0 Å². The maximum Gasteiger partial charge on any atom is 0.167 e. The number of anilines is 1. The Bertz CT molecular complexity index is 940. The van der Waals surface area contributed by atoms with Gasteiger partial charge in [0.1, 0.15) is 12.6 Å². The first kappa shape index (κ1) is 18.9. The van der Waals surface area contributed by atoms with E-state index in [1.165, 1.54) is 30.6 Å². The Hall–Kier alpha value is -2.07. The highest BCUT2D eigenvalue weighted by atomic mass is 32.1. The van der Waals surface area contributed by atoms with Gasteiger partial charge >= 0.3 is 0 Å². The lowest BCUT2D eigenvalue weighted by molar-refractivity contribution is -0.135. The maximum atomic E-state index is 9.76. The number of rotatable bonds is 6. The van der Waals surface area contributed by atoms with Gasteiger partial charge in [-0.05, 0) is 24.3 Å². The van der Waals surface area contributed by atoms with Crippen molar-refractivity contribution in [1.29, 1.82) is 0 Å². The van der Waals surface area contributed by atoms with Crippen LogP contribution in [0.15, 0.2) is 30.2 Å². The highest BCUT2D eigenvalue weighted by Crippen LogP contribution is 2.28. The lowest BCUT2D eigenvalue weighted by Gasteiger charge is -2.37. The van der Waals surface area contributed by atoms with Crippen molar-refractivity contribution >= 4 is 28.3 Å². The van der Waals surface area contributed by atoms with E-state index in [1.54, 1.807) is 24.0 Å². The normalized spacial score (nSPS) is 23.8. The number of hydrogen-bond donors (Lipinski definition) is 2. The number of imidazole rings is 1. The van der Waals surface area contributed by atoms with Crippen LogP contribution >= 0.6 is 11.3 Å². The largest absolute Gasteiger partial charge is 0.394 e. The predicted molar refractivity (Wildman–Crippen MR) is 112 cm³/mol. The quantitative estimate of drug-likeness (QED) is 0.641. The molecule has 0 spiro atoms. The van der Waals surface area contributed by atoms with Crippen LogP contribution < -0.4 is 5.32 Å². The number of fused-ring (bicyclic) bond motifs is 1. The van der Waals surface area contributed by atoms with E-state index in [2.05, 4.69) is 42.7 Å². The van der Waals surface area contributed by atoms with Crippen molar-refractivity contribution in [2.45, 2.75) is 50.6 Å². The van der Waals surface area contributed by atoms with Gasteiger partial charge in [-0.1, -0.05) is 18.9 Å². The average molecular weight is 415 g/mol. The van der Waals surface area contributed by atoms with E-state index in [1.807, 2.05) is 4.57 Å². The molecule has 4 heterocycles. The standard InChI is InChI=1S/C20H26N6O2S/c27-11-15-8-25(9-16-6-3-7-29-16)10-17(28-15)26-13-23-18-19(21-12-22-20(18)26)24-14-4-1-2-5-14/h3,6-7,12-15,17,27H,1-2,4-5,8-11H2,(H,21,22,24)/t15-,17+/m0/s1. The number of nitrogens with zero attached hydrogens (tertiary/aromatic N) is 5. The van der Waals surface area contributed by atoms with E-state index in [0.29, 0.717) is 12.6 Å². The molecule has 154 valence electrons. The first-order chi connectivity index (χ1) is 14.3. The molecule has 3 aromatic heterocycles. The number of aliphatic hydroxyl groups is 1. The van der Waals surface area contributed by atoms with Crippen LogP contribution in [0.2, 0.25) is 0 Å². The molecule has 1 saturated carbocycles. The minimum atomic E-state index is -0.250. The fraction of sp³-hybridized carbons (Fsp3) is 0.550. The van der Waals surface area contributed by atoms with Gasteiger partial charge in [-0.2, -0.15) is 0 Å². The molecule has 2 fully saturated rings. The highest BCUT2D eigenvalue weighted by molar-refractivity contribution is 7.09. The molecule has 3 aromatic rings. The number of aliphatic hydroxyl groups excluding tert-OH is 1. The lowest BCUT2D eigenvalue weighted by atomic mass is 10.2. The minimum Gasteiger partial charge on any atom is -0.394 e. The SMILES string of the molecule is OC[C@@H]1CN(Cc2cccs2)C[C@H](n2cnc3c(NC4CCCC4)ncnc32)O1. The second-order valence-corrected chi connectivity index (χ2v) is 8.87. The average Bonchev–Trinajstić information content (AvgIpc) is 3.50. The van der Waals surface area contributed by atoms with Crippen LogP contribution in [0.5, 0.6) is 0 Å². The van der Waals surface area contributed by atoms with Crippen molar-refractivity contribution in [3.8, 4) is 0 Å². The summed E-state index contributed by atoms with van der Waals surface area (Å²) in [6, 6.07) is 4.68. The number of hydrogen-bond acceptors (Lipinski definition) is 8. The molecular formula is C20H26N6O2S. The van der Waals surface area contributed by atoms with Crippen LogP contribution in [0.3, 0.4) is 0 Å². The topological polar surface area (TPSA) is 88.3 Å². The molecule has 29 heavy (non-hydrogen) atoms. The van der Waals surface area contributed by atoms with Gasteiger partial charge < -0.3 is 15.2 Å². The second-order valence-electron chi connectivity index (χ2n) is 7.84. The van der Waals surface area contributed by atoms with E-state index in [9.17, 15) is 5.11 Å². The molecular weight excluding hydrogens is 388 g/mol. The first-order valence-corrected chi connectivity index (χ1v) is 11.1. The van der Waals surface area contributed by atoms with Gasteiger partial charge in [0.25, 0.3) is 0 Å². The molecule has 2 aliphatic rings. The Kier molecular flexibility index (Phi) is 5.45. The summed E-state index contributed by atoms with van der Waals surface area (Å²) >= 11 is 1.75. The number of morpholine rings is 1. The number of nitrogens with one attached hydrogen (secondary N) is 1. The van der Waals surface area contributed by atoms with Crippen molar-refractivity contribution in [2.24, 2.45) is 0 Å². The second kappa shape index (κ2) is 8.35. The number of thiophene rings is 1. The summed E-state index contributed by atoms with van der Waals surface area (Å²) in [6.45, 7) is 2.27. The Morgan fingerprint density at radius 2 is 2.10 bits per heavy atom. The smallest absolute Gasteiger partial charge is 0.167 e. The molecule has 1 aliphatic heterocycles. The summed E-state index contributed by atoms with van der Waals surface area (Å²) in [6.07, 6.45) is 7.77. The van der Waals surface area contributed by atoms with E-state index in [-0.39, 0.29) is 18.9 Å². The zero-order valence-electron chi connectivity index (χ0n) is 16.3. The third-order valence-electron chi connectivity index (χ3n) is 5.75. The molecule has 0 aromatic carbocycles. The van der Waals surface area contributed by atoms with Crippen LogP contribution in [-0.4, -0.2) is 61.4 Å². The molecule has 2 atom stereocenters. The molecule has 0 radical (unpaired) electrons. The van der Waals surface area contributed by atoms with E-state index >= 15 is 0 Å². The van der Waals surface area contributed by atoms with Crippen molar-refractivity contribution in [2.75, 3.05) is 25.0 Å². The molecule has 1 saturated heterocycles. The molecule has 2 N–H and O–H groups in total.